The normalized spacial score (nSPS) is 20.3. The summed E-state index contributed by atoms with van der Waals surface area (Å²) in [5, 5.41) is 3.14. The number of hydrogen-bond acceptors (Lipinski definition) is 4. The zero-order valence-corrected chi connectivity index (χ0v) is 14.2. The Morgan fingerprint density at radius 1 is 1.29 bits per heavy atom. The molecule has 2 aromatic carbocycles. The van der Waals surface area contributed by atoms with E-state index in [-0.39, 0.29) is 18.3 Å². The predicted molar refractivity (Wildman–Crippen MR) is 95.2 cm³/mol. The molecule has 6 heteroatoms. The third kappa shape index (κ3) is 3.08. The van der Waals surface area contributed by atoms with Crippen molar-refractivity contribution in [1.82, 2.24) is 5.32 Å². The second-order valence-corrected chi connectivity index (χ2v) is 6.33. The molecule has 0 saturated heterocycles. The van der Waals surface area contributed by atoms with E-state index < -0.39 is 5.54 Å². The Bertz CT molecular complexity index is 835. The Morgan fingerprint density at radius 2 is 2.08 bits per heavy atom. The molecule has 24 heavy (non-hydrogen) atoms. The molecular weight excluding hydrogens is 326 g/mol. The second-order valence-electron chi connectivity index (χ2n) is 5.92. The highest BCUT2D eigenvalue weighted by atomic mass is 35.5. The van der Waals surface area contributed by atoms with Gasteiger partial charge in [0.2, 0.25) is 5.91 Å². The van der Waals surface area contributed by atoms with E-state index in [2.05, 4.69) is 10.3 Å². The SMILES string of the molecule is COc1cccc(-c2cc(C3(C)CC(=O)NC(N)=N3)ccc2Cl)c1. The molecule has 1 aliphatic rings. The van der Waals surface area contributed by atoms with Gasteiger partial charge in [0.1, 0.15) is 5.75 Å². The fraction of sp³-hybridized carbons (Fsp3) is 0.222. The van der Waals surface area contributed by atoms with E-state index in [0.29, 0.717) is 5.02 Å². The first-order valence-corrected chi connectivity index (χ1v) is 7.89. The molecule has 124 valence electrons. The van der Waals surface area contributed by atoms with Crippen LogP contribution < -0.4 is 15.8 Å². The van der Waals surface area contributed by atoms with Crippen molar-refractivity contribution in [3.63, 3.8) is 0 Å². The van der Waals surface area contributed by atoms with Crippen LogP contribution >= 0.6 is 11.6 Å². The zero-order valence-electron chi connectivity index (χ0n) is 13.5. The number of carbonyl (C=O) groups excluding carboxylic acids is 1. The van der Waals surface area contributed by atoms with Gasteiger partial charge in [0, 0.05) is 10.6 Å². The van der Waals surface area contributed by atoms with Crippen LogP contribution in [0.5, 0.6) is 5.75 Å². The molecule has 0 spiro atoms. The predicted octanol–water partition coefficient (Wildman–Crippen LogP) is 3.07. The molecule has 0 bridgehead atoms. The number of ether oxygens (including phenoxy) is 1. The Balaban J connectivity index is 2.09. The Labute approximate surface area is 145 Å². The van der Waals surface area contributed by atoms with Crippen molar-refractivity contribution in [1.29, 1.82) is 0 Å². The van der Waals surface area contributed by atoms with Crippen LogP contribution in [0.3, 0.4) is 0 Å². The Kier molecular flexibility index (Phi) is 4.20. The summed E-state index contributed by atoms with van der Waals surface area (Å²) in [4.78, 5) is 16.3. The third-order valence-electron chi connectivity index (χ3n) is 4.11. The fourth-order valence-electron chi connectivity index (χ4n) is 2.87. The molecule has 3 rings (SSSR count). The van der Waals surface area contributed by atoms with Crippen LogP contribution in [0.25, 0.3) is 11.1 Å². The minimum atomic E-state index is -0.718. The van der Waals surface area contributed by atoms with Crippen molar-refractivity contribution >= 4 is 23.5 Å². The lowest BCUT2D eigenvalue weighted by molar-refractivity contribution is -0.121. The van der Waals surface area contributed by atoms with Crippen molar-refractivity contribution in [2.45, 2.75) is 18.9 Å². The van der Waals surface area contributed by atoms with Gasteiger partial charge < -0.3 is 10.5 Å². The maximum absolute atomic E-state index is 11.9. The van der Waals surface area contributed by atoms with E-state index in [4.69, 9.17) is 22.1 Å². The quantitative estimate of drug-likeness (QED) is 0.899. The van der Waals surface area contributed by atoms with Crippen molar-refractivity contribution in [2.75, 3.05) is 7.11 Å². The van der Waals surface area contributed by atoms with Gasteiger partial charge in [0.25, 0.3) is 0 Å². The van der Waals surface area contributed by atoms with E-state index in [1.54, 1.807) is 7.11 Å². The molecule has 2 aromatic rings. The Hall–Kier alpha value is -2.53. The van der Waals surface area contributed by atoms with E-state index in [0.717, 1.165) is 22.4 Å². The number of aliphatic imine (C=N–C) groups is 1. The highest BCUT2D eigenvalue weighted by Crippen LogP contribution is 2.37. The summed E-state index contributed by atoms with van der Waals surface area (Å²) in [5.41, 5.74) is 7.68. The first kappa shape index (κ1) is 16.3. The van der Waals surface area contributed by atoms with Crippen LogP contribution in [0.1, 0.15) is 18.9 Å². The number of nitrogens with two attached hydrogens (primary N) is 1. The first-order valence-electron chi connectivity index (χ1n) is 7.51. The summed E-state index contributed by atoms with van der Waals surface area (Å²) in [6.07, 6.45) is 0.229. The van der Waals surface area contributed by atoms with Gasteiger partial charge in [-0.1, -0.05) is 29.8 Å². The lowest BCUT2D eigenvalue weighted by Crippen LogP contribution is -2.46. The molecule has 0 aliphatic carbocycles. The highest BCUT2D eigenvalue weighted by molar-refractivity contribution is 6.33. The lowest BCUT2D eigenvalue weighted by Gasteiger charge is -2.30. The maximum Gasteiger partial charge on any atom is 0.229 e. The molecule has 1 heterocycles. The monoisotopic (exact) mass is 343 g/mol. The third-order valence-corrected chi connectivity index (χ3v) is 4.44. The fourth-order valence-corrected chi connectivity index (χ4v) is 3.10. The number of halogens is 1. The number of carbonyl (C=O) groups is 1. The van der Waals surface area contributed by atoms with Gasteiger partial charge in [-0.15, -0.1) is 0 Å². The molecule has 5 nitrogen and oxygen atoms in total. The molecule has 0 saturated carbocycles. The number of rotatable bonds is 3. The summed E-state index contributed by atoms with van der Waals surface area (Å²) < 4.78 is 5.28. The van der Waals surface area contributed by atoms with Gasteiger partial charge in [-0.05, 0) is 42.3 Å². The molecule has 3 N–H and O–H groups in total. The molecule has 1 amide bonds. The van der Waals surface area contributed by atoms with Crippen LogP contribution in [0.4, 0.5) is 0 Å². The van der Waals surface area contributed by atoms with Gasteiger partial charge in [0.05, 0.1) is 19.1 Å². The molecule has 1 aliphatic heterocycles. The van der Waals surface area contributed by atoms with Gasteiger partial charge in [0.15, 0.2) is 5.96 Å². The van der Waals surface area contributed by atoms with Crippen molar-refractivity contribution < 1.29 is 9.53 Å². The van der Waals surface area contributed by atoms with E-state index in [9.17, 15) is 4.79 Å². The van der Waals surface area contributed by atoms with Crippen LogP contribution in [-0.2, 0) is 10.3 Å². The van der Waals surface area contributed by atoms with Crippen molar-refractivity contribution in [3.05, 3.63) is 53.1 Å². The number of benzene rings is 2. The highest BCUT2D eigenvalue weighted by Gasteiger charge is 2.33. The van der Waals surface area contributed by atoms with Gasteiger partial charge in [-0.25, -0.2) is 4.99 Å². The van der Waals surface area contributed by atoms with E-state index in [1.165, 1.54) is 0 Å². The van der Waals surface area contributed by atoms with E-state index in [1.807, 2.05) is 49.4 Å². The summed E-state index contributed by atoms with van der Waals surface area (Å²) in [5.74, 6) is 0.731. The first-order chi connectivity index (χ1) is 11.4. The van der Waals surface area contributed by atoms with Crippen LogP contribution in [0.2, 0.25) is 5.02 Å². The zero-order chi connectivity index (χ0) is 17.3. The number of amides is 1. The topological polar surface area (TPSA) is 76.7 Å². The minimum Gasteiger partial charge on any atom is -0.497 e. The number of methoxy groups -OCH3 is 1. The Morgan fingerprint density at radius 3 is 2.79 bits per heavy atom. The molecule has 0 radical (unpaired) electrons. The molecule has 1 atom stereocenters. The largest absolute Gasteiger partial charge is 0.497 e. The maximum atomic E-state index is 11.9. The molecular formula is C18H18ClN3O2. The number of hydrogen-bond donors (Lipinski definition) is 2. The summed E-state index contributed by atoms with van der Waals surface area (Å²) in [7, 11) is 1.62. The lowest BCUT2D eigenvalue weighted by atomic mass is 9.86. The van der Waals surface area contributed by atoms with Crippen molar-refractivity contribution in [3.8, 4) is 16.9 Å². The number of nitrogens with zero attached hydrogens (tertiary/aromatic N) is 1. The number of guanidine groups is 1. The van der Waals surface area contributed by atoms with Gasteiger partial charge in [-0.2, -0.15) is 0 Å². The summed E-state index contributed by atoms with van der Waals surface area (Å²) in [6.45, 7) is 1.89. The number of nitrogens with one attached hydrogen (secondary N) is 1. The van der Waals surface area contributed by atoms with Crippen LogP contribution in [0.15, 0.2) is 47.5 Å². The minimum absolute atomic E-state index is 0.131. The van der Waals surface area contributed by atoms with Gasteiger partial charge in [-0.3, -0.25) is 10.1 Å². The van der Waals surface area contributed by atoms with Crippen LogP contribution in [0, 0.1) is 0 Å². The molecule has 0 fully saturated rings. The standard InChI is InChI=1S/C18H18ClN3O2/c1-18(10-16(23)21-17(20)22-18)12-6-7-15(19)14(9-12)11-4-3-5-13(8-11)24-2/h3-9H,10H2,1-2H3,(H3,20,21,22,23). The summed E-state index contributed by atoms with van der Waals surface area (Å²) >= 11 is 6.39. The van der Waals surface area contributed by atoms with E-state index >= 15 is 0 Å². The van der Waals surface area contributed by atoms with Crippen LogP contribution in [-0.4, -0.2) is 19.0 Å². The smallest absolute Gasteiger partial charge is 0.229 e. The summed E-state index contributed by atoms with van der Waals surface area (Å²) in [6, 6.07) is 13.3. The average Bonchev–Trinajstić information content (AvgIpc) is 2.54. The average molecular weight is 344 g/mol. The van der Waals surface area contributed by atoms with Crippen molar-refractivity contribution in [2.24, 2.45) is 10.7 Å². The second kappa shape index (κ2) is 6.17. The molecule has 0 aromatic heterocycles. The van der Waals surface area contributed by atoms with Gasteiger partial charge >= 0.3 is 0 Å². The molecule has 1 unspecified atom stereocenters.